The Morgan fingerprint density at radius 1 is 1.29 bits per heavy atom. The predicted octanol–water partition coefficient (Wildman–Crippen LogP) is 0.892. The van der Waals surface area contributed by atoms with Crippen LogP contribution in [0.3, 0.4) is 0 Å². The Balaban J connectivity index is 2.67. The predicted molar refractivity (Wildman–Crippen MR) is 77.9 cm³/mol. The Hall–Kier alpha value is -1.79. The summed E-state index contributed by atoms with van der Waals surface area (Å²) in [5.41, 5.74) is 0. The number of nitrogens with one attached hydrogen (secondary N) is 1. The van der Waals surface area contributed by atoms with Crippen LogP contribution in [0.2, 0.25) is 0 Å². The molecule has 0 heterocycles. The van der Waals surface area contributed by atoms with Crippen LogP contribution < -0.4 is 5.32 Å². The average molecular weight is 299 g/mol. The number of hydrogen-bond acceptors (Lipinski definition) is 3. The normalized spacial score (nSPS) is 16.3. The molecule has 2 N–H and O–H groups in total. The number of amides is 3. The smallest absolute Gasteiger partial charge is 0.323 e. The summed E-state index contributed by atoms with van der Waals surface area (Å²) in [7, 11) is 1.66. The summed E-state index contributed by atoms with van der Waals surface area (Å²) in [5.74, 6) is -1.23. The van der Waals surface area contributed by atoms with Crippen molar-refractivity contribution in [1.82, 2.24) is 15.1 Å². The number of carbonyl (C=O) groups is 3. The van der Waals surface area contributed by atoms with Gasteiger partial charge >= 0.3 is 12.0 Å². The molecule has 0 saturated heterocycles. The second-order valence-corrected chi connectivity index (χ2v) is 5.48. The molecular formula is C14H25N3O4. The molecule has 120 valence electrons. The maximum absolute atomic E-state index is 12.3. The van der Waals surface area contributed by atoms with Crippen LogP contribution >= 0.6 is 0 Å². The van der Waals surface area contributed by atoms with Gasteiger partial charge < -0.3 is 20.2 Å². The molecular weight excluding hydrogens is 274 g/mol. The number of rotatable bonds is 6. The second kappa shape index (κ2) is 7.85. The number of aliphatic carboxylic acids is 1. The zero-order valence-electron chi connectivity index (χ0n) is 13.0. The first-order valence-corrected chi connectivity index (χ1v) is 7.40. The molecule has 1 aliphatic carbocycles. The molecule has 1 aliphatic rings. The lowest BCUT2D eigenvalue weighted by Crippen LogP contribution is -2.53. The Bertz CT molecular complexity index is 394. The van der Waals surface area contributed by atoms with Crippen molar-refractivity contribution in [1.29, 1.82) is 0 Å². The summed E-state index contributed by atoms with van der Waals surface area (Å²) in [6, 6.07) is -1.19. The molecule has 7 heteroatoms. The molecule has 7 nitrogen and oxygen atoms in total. The van der Waals surface area contributed by atoms with Gasteiger partial charge in [-0.05, 0) is 26.7 Å². The highest BCUT2D eigenvalue weighted by molar-refractivity contribution is 5.87. The molecule has 0 spiro atoms. The standard InChI is InChI=1S/C14H25N3O4/c1-4-16(3)13(20)10(2)15-14(21)17(9-12(18)19)11-7-5-6-8-11/h10-11H,4-9H2,1-3H3,(H,15,21)(H,18,19). The van der Waals surface area contributed by atoms with Crippen LogP contribution in [-0.4, -0.2) is 65.0 Å². The van der Waals surface area contributed by atoms with E-state index in [-0.39, 0.29) is 18.5 Å². The van der Waals surface area contributed by atoms with E-state index in [1.165, 1.54) is 9.80 Å². The monoisotopic (exact) mass is 299 g/mol. The third kappa shape index (κ3) is 4.91. The first kappa shape index (κ1) is 17.3. The van der Waals surface area contributed by atoms with Crippen molar-refractivity contribution < 1.29 is 19.5 Å². The topological polar surface area (TPSA) is 90.0 Å². The minimum absolute atomic E-state index is 0.0488. The fourth-order valence-electron chi connectivity index (χ4n) is 2.54. The number of carboxylic acid groups (broad SMARTS) is 1. The van der Waals surface area contributed by atoms with Gasteiger partial charge in [0.25, 0.3) is 0 Å². The van der Waals surface area contributed by atoms with Gasteiger partial charge in [0.1, 0.15) is 12.6 Å². The lowest BCUT2D eigenvalue weighted by Gasteiger charge is -2.29. The highest BCUT2D eigenvalue weighted by atomic mass is 16.4. The van der Waals surface area contributed by atoms with E-state index in [4.69, 9.17) is 5.11 Å². The minimum atomic E-state index is -1.04. The molecule has 0 aliphatic heterocycles. The average Bonchev–Trinajstić information content (AvgIpc) is 2.96. The molecule has 0 radical (unpaired) electrons. The molecule has 1 fully saturated rings. The quantitative estimate of drug-likeness (QED) is 0.762. The van der Waals surface area contributed by atoms with Gasteiger partial charge in [-0.3, -0.25) is 9.59 Å². The number of urea groups is 1. The third-order valence-electron chi connectivity index (χ3n) is 3.89. The number of carbonyl (C=O) groups excluding carboxylic acids is 2. The van der Waals surface area contributed by atoms with Gasteiger partial charge in [-0.25, -0.2) is 4.79 Å². The van der Waals surface area contributed by atoms with E-state index in [0.29, 0.717) is 6.54 Å². The van der Waals surface area contributed by atoms with Gasteiger partial charge in [0.15, 0.2) is 0 Å². The van der Waals surface area contributed by atoms with E-state index in [1.54, 1.807) is 14.0 Å². The fourth-order valence-corrected chi connectivity index (χ4v) is 2.54. The second-order valence-electron chi connectivity index (χ2n) is 5.48. The minimum Gasteiger partial charge on any atom is -0.480 e. The maximum atomic E-state index is 12.3. The van der Waals surface area contributed by atoms with Crippen LogP contribution in [0.5, 0.6) is 0 Å². The van der Waals surface area contributed by atoms with Crippen LogP contribution in [0.4, 0.5) is 4.79 Å². The van der Waals surface area contributed by atoms with Gasteiger partial charge in [-0.15, -0.1) is 0 Å². The van der Waals surface area contributed by atoms with Gasteiger partial charge in [-0.2, -0.15) is 0 Å². The number of carboxylic acids is 1. The molecule has 0 bridgehead atoms. The molecule has 1 unspecified atom stereocenters. The van der Waals surface area contributed by atoms with Crippen molar-refractivity contribution in [2.45, 2.75) is 51.6 Å². The molecule has 0 aromatic rings. The molecule has 0 aromatic carbocycles. The van der Waals surface area contributed by atoms with Gasteiger partial charge in [0, 0.05) is 19.6 Å². The van der Waals surface area contributed by atoms with Crippen LogP contribution in [0, 0.1) is 0 Å². The molecule has 1 rings (SSSR count). The van der Waals surface area contributed by atoms with E-state index in [9.17, 15) is 14.4 Å². The fraction of sp³-hybridized carbons (Fsp3) is 0.786. The molecule has 1 atom stereocenters. The molecule has 3 amide bonds. The van der Waals surface area contributed by atoms with Gasteiger partial charge in [-0.1, -0.05) is 12.8 Å². The zero-order chi connectivity index (χ0) is 16.0. The van der Waals surface area contributed by atoms with Crippen molar-refractivity contribution >= 4 is 17.9 Å². The Labute approximate surface area is 125 Å². The lowest BCUT2D eigenvalue weighted by atomic mass is 10.2. The largest absolute Gasteiger partial charge is 0.480 e. The summed E-state index contributed by atoms with van der Waals surface area (Å²) < 4.78 is 0. The van der Waals surface area contributed by atoms with E-state index in [2.05, 4.69) is 5.32 Å². The Morgan fingerprint density at radius 2 is 1.86 bits per heavy atom. The Morgan fingerprint density at radius 3 is 2.33 bits per heavy atom. The van der Waals surface area contributed by atoms with Gasteiger partial charge in [0.05, 0.1) is 0 Å². The lowest BCUT2D eigenvalue weighted by molar-refractivity contribution is -0.138. The van der Waals surface area contributed by atoms with Crippen LogP contribution in [-0.2, 0) is 9.59 Å². The van der Waals surface area contributed by atoms with Crippen LogP contribution in [0.15, 0.2) is 0 Å². The van der Waals surface area contributed by atoms with Crippen molar-refractivity contribution in [2.75, 3.05) is 20.1 Å². The van der Waals surface area contributed by atoms with Crippen molar-refractivity contribution in [3.63, 3.8) is 0 Å². The summed E-state index contributed by atoms with van der Waals surface area (Å²) >= 11 is 0. The van der Waals surface area contributed by atoms with Crippen molar-refractivity contribution in [3.05, 3.63) is 0 Å². The molecule has 21 heavy (non-hydrogen) atoms. The SMILES string of the molecule is CCN(C)C(=O)C(C)NC(=O)N(CC(=O)O)C1CCCC1. The first-order valence-electron chi connectivity index (χ1n) is 7.40. The summed E-state index contributed by atoms with van der Waals surface area (Å²) in [6.07, 6.45) is 3.64. The van der Waals surface area contributed by atoms with Crippen molar-refractivity contribution in [3.8, 4) is 0 Å². The molecule has 1 saturated carbocycles. The first-order chi connectivity index (χ1) is 9.86. The summed E-state index contributed by atoms with van der Waals surface area (Å²) in [5, 5.41) is 11.6. The highest BCUT2D eigenvalue weighted by Gasteiger charge is 2.30. The van der Waals surface area contributed by atoms with Crippen LogP contribution in [0.1, 0.15) is 39.5 Å². The van der Waals surface area contributed by atoms with Crippen LogP contribution in [0.25, 0.3) is 0 Å². The summed E-state index contributed by atoms with van der Waals surface area (Å²) in [4.78, 5) is 38.0. The number of hydrogen-bond donors (Lipinski definition) is 2. The van der Waals surface area contributed by atoms with E-state index in [1.807, 2.05) is 6.92 Å². The van der Waals surface area contributed by atoms with E-state index in [0.717, 1.165) is 25.7 Å². The summed E-state index contributed by atoms with van der Waals surface area (Å²) in [6.45, 7) is 3.68. The number of nitrogens with zero attached hydrogens (tertiary/aromatic N) is 2. The highest BCUT2D eigenvalue weighted by Crippen LogP contribution is 2.23. The van der Waals surface area contributed by atoms with Gasteiger partial charge in [0.2, 0.25) is 5.91 Å². The number of likely N-dealkylation sites (N-methyl/N-ethyl adjacent to an activating group) is 1. The van der Waals surface area contributed by atoms with Crippen molar-refractivity contribution in [2.24, 2.45) is 0 Å². The third-order valence-corrected chi connectivity index (χ3v) is 3.89. The molecule has 0 aromatic heterocycles. The van der Waals surface area contributed by atoms with E-state index < -0.39 is 18.0 Å². The maximum Gasteiger partial charge on any atom is 0.323 e. The Kier molecular flexibility index (Phi) is 6.45. The van der Waals surface area contributed by atoms with E-state index >= 15 is 0 Å². The zero-order valence-corrected chi connectivity index (χ0v) is 13.0.